The highest BCUT2D eigenvalue weighted by atomic mass is 79.9. The summed E-state index contributed by atoms with van der Waals surface area (Å²) in [6, 6.07) is 4.84. The molecule has 2 rings (SSSR count). The quantitative estimate of drug-likeness (QED) is 0.750. The normalized spacial score (nSPS) is 25.6. The predicted octanol–water partition coefficient (Wildman–Crippen LogP) is 3.89. The molecule has 1 aliphatic carbocycles. The number of benzene rings is 1. The van der Waals surface area contributed by atoms with Crippen molar-refractivity contribution in [3.8, 4) is 5.75 Å². The lowest BCUT2D eigenvalue weighted by Crippen LogP contribution is -2.33. The first kappa shape index (κ1) is 10.4. The number of hydrogen-bond acceptors (Lipinski definition) is 1. The summed E-state index contributed by atoms with van der Waals surface area (Å²) in [7, 11) is 0. The molecule has 0 spiro atoms. The topological polar surface area (TPSA) is 9.23 Å². The van der Waals surface area contributed by atoms with E-state index in [2.05, 4.69) is 31.9 Å². The van der Waals surface area contributed by atoms with Crippen molar-refractivity contribution in [3.05, 3.63) is 28.5 Å². The Balaban J connectivity index is 2.00. The standard InChI is InChI=1S/C10H9Br2FO/c11-6-3-8(4-6)14-7-1-2-9(12)10(13)5-7/h1-2,5-6,8H,3-4H2. The van der Waals surface area contributed by atoms with E-state index in [-0.39, 0.29) is 11.9 Å². The van der Waals surface area contributed by atoms with Gasteiger partial charge in [-0.2, -0.15) is 0 Å². The molecule has 76 valence electrons. The predicted molar refractivity (Wildman–Crippen MR) is 60.5 cm³/mol. The average molecular weight is 324 g/mol. The van der Waals surface area contributed by atoms with E-state index in [1.165, 1.54) is 6.07 Å². The molecule has 1 saturated carbocycles. The van der Waals surface area contributed by atoms with Crippen LogP contribution in [-0.2, 0) is 0 Å². The maximum atomic E-state index is 13.1. The molecule has 0 saturated heterocycles. The third-order valence-electron chi connectivity index (χ3n) is 2.23. The van der Waals surface area contributed by atoms with Crippen LogP contribution in [0.3, 0.4) is 0 Å². The van der Waals surface area contributed by atoms with Gasteiger partial charge in [-0.05, 0) is 40.9 Å². The van der Waals surface area contributed by atoms with Gasteiger partial charge in [-0.15, -0.1) is 0 Å². The molecule has 1 fully saturated rings. The van der Waals surface area contributed by atoms with Crippen LogP contribution in [-0.4, -0.2) is 10.9 Å². The molecule has 0 radical (unpaired) electrons. The minimum absolute atomic E-state index is 0.236. The van der Waals surface area contributed by atoms with Gasteiger partial charge in [0.15, 0.2) is 0 Å². The van der Waals surface area contributed by atoms with E-state index in [4.69, 9.17) is 4.74 Å². The van der Waals surface area contributed by atoms with E-state index < -0.39 is 0 Å². The summed E-state index contributed by atoms with van der Waals surface area (Å²) < 4.78 is 19.1. The minimum atomic E-state index is -0.280. The summed E-state index contributed by atoms with van der Waals surface area (Å²) in [5.74, 6) is 0.326. The van der Waals surface area contributed by atoms with Crippen LogP contribution in [0.5, 0.6) is 5.75 Å². The molecule has 0 aliphatic heterocycles. The first-order valence-corrected chi connectivity index (χ1v) is 6.12. The van der Waals surface area contributed by atoms with Gasteiger partial charge in [0.05, 0.1) is 4.47 Å². The minimum Gasteiger partial charge on any atom is -0.490 e. The van der Waals surface area contributed by atoms with Crippen LogP contribution in [0.1, 0.15) is 12.8 Å². The molecule has 1 aliphatic rings. The number of ether oxygens (including phenoxy) is 1. The SMILES string of the molecule is Fc1cc(OC2CC(Br)C2)ccc1Br. The van der Waals surface area contributed by atoms with E-state index in [1.807, 2.05) is 0 Å². The summed E-state index contributed by atoms with van der Waals surface area (Å²) in [5.41, 5.74) is 0. The molecule has 1 aromatic carbocycles. The first-order valence-electron chi connectivity index (χ1n) is 4.41. The molecule has 4 heteroatoms. The monoisotopic (exact) mass is 322 g/mol. The van der Waals surface area contributed by atoms with Crippen molar-refractivity contribution >= 4 is 31.9 Å². The van der Waals surface area contributed by atoms with Gasteiger partial charge in [-0.3, -0.25) is 0 Å². The third kappa shape index (κ3) is 2.28. The van der Waals surface area contributed by atoms with Crippen LogP contribution < -0.4 is 4.74 Å². The maximum Gasteiger partial charge on any atom is 0.141 e. The van der Waals surface area contributed by atoms with Crippen LogP contribution in [0.25, 0.3) is 0 Å². The average Bonchev–Trinajstić information content (AvgIpc) is 2.09. The zero-order valence-corrected chi connectivity index (χ0v) is 10.5. The van der Waals surface area contributed by atoms with Crippen LogP contribution >= 0.6 is 31.9 Å². The van der Waals surface area contributed by atoms with E-state index in [1.54, 1.807) is 12.1 Å². The molecule has 0 heterocycles. The van der Waals surface area contributed by atoms with Crippen molar-refractivity contribution in [2.45, 2.75) is 23.8 Å². The summed E-state index contributed by atoms with van der Waals surface area (Å²) in [6.45, 7) is 0. The van der Waals surface area contributed by atoms with E-state index in [9.17, 15) is 4.39 Å². The van der Waals surface area contributed by atoms with Gasteiger partial charge in [-0.25, -0.2) is 4.39 Å². The van der Waals surface area contributed by atoms with E-state index >= 15 is 0 Å². The first-order chi connectivity index (χ1) is 6.65. The molecule has 0 amide bonds. The Morgan fingerprint density at radius 3 is 2.64 bits per heavy atom. The van der Waals surface area contributed by atoms with Crippen molar-refractivity contribution in [2.24, 2.45) is 0 Å². The number of halogens is 3. The molecule has 1 nitrogen and oxygen atoms in total. The van der Waals surface area contributed by atoms with Crippen molar-refractivity contribution in [1.82, 2.24) is 0 Å². The second kappa shape index (κ2) is 4.19. The molecule has 0 bridgehead atoms. The Kier molecular flexibility index (Phi) is 3.12. The lowest BCUT2D eigenvalue weighted by Gasteiger charge is -2.31. The summed E-state index contributed by atoms with van der Waals surface area (Å²) in [6.07, 6.45) is 2.23. The Morgan fingerprint density at radius 2 is 2.07 bits per heavy atom. The molecule has 0 atom stereocenters. The van der Waals surface area contributed by atoms with Crippen molar-refractivity contribution in [3.63, 3.8) is 0 Å². The van der Waals surface area contributed by atoms with Crippen molar-refractivity contribution in [2.75, 3.05) is 0 Å². The Hall–Kier alpha value is -0.0900. The fourth-order valence-electron chi connectivity index (χ4n) is 1.34. The number of hydrogen-bond donors (Lipinski definition) is 0. The second-order valence-corrected chi connectivity index (χ2v) is 5.53. The molecule has 0 aromatic heterocycles. The molecular formula is C10H9Br2FO. The zero-order valence-electron chi connectivity index (χ0n) is 7.34. The van der Waals surface area contributed by atoms with Gasteiger partial charge in [0.25, 0.3) is 0 Å². The van der Waals surface area contributed by atoms with E-state index in [0.29, 0.717) is 15.0 Å². The van der Waals surface area contributed by atoms with Crippen LogP contribution in [0.15, 0.2) is 22.7 Å². The highest BCUT2D eigenvalue weighted by Crippen LogP contribution is 2.31. The number of alkyl halides is 1. The van der Waals surface area contributed by atoms with Gasteiger partial charge in [0.1, 0.15) is 17.7 Å². The zero-order chi connectivity index (χ0) is 10.1. The van der Waals surface area contributed by atoms with Gasteiger partial charge in [0.2, 0.25) is 0 Å². The van der Waals surface area contributed by atoms with Crippen LogP contribution in [0.4, 0.5) is 4.39 Å². The third-order valence-corrected chi connectivity index (χ3v) is 3.62. The molecule has 1 aromatic rings. The Labute approximate surface area is 98.9 Å². The highest BCUT2D eigenvalue weighted by Gasteiger charge is 2.28. The van der Waals surface area contributed by atoms with Crippen LogP contribution in [0, 0.1) is 5.82 Å². The summed E-state index contributed by atoms with van der Waals surface area (Å²) in [4.78, 5) is 0.563. The summed E-state index contributed by atoms with van der Waals surface area (Å²) >= 11 is 6.58. The molecular weight excluding hydrogens is 315 g/mol. The number of rotatable bonds is 2. The van der Waals surface area contributed by atoms with Crippen molar-refractivity contribution in [1.29, 1.82) is 0 Å². The van der Waals surface area contributed by atoms with Crippen molar-refractivity contribution < 1.29 is 9.13 Å². The molecule has 14 heavy (non-hydrogen) atoms. The second-order valence-electron chi connectivity index (χ2n) is 3.38. The fourth-order valence-corrected chi connectivity index (χ4v) is 2.42. The largest absolute Gasteiger partial charge is 0.490 e. The molecule has 0 N–H and O–H groups in total. The van der Waals surface area contributed by atoms with Crippen LogP contribution in [0.2, 0.25) is 0 Å². The van der Waals surface area contributed by atoms with Gasteiger partial charge in [0, 0.05) is 10.9 Å². The van der Waals surface area contributed by atoms with Gasteiger partial charge >= 0.3 is 0 Å². The fraction of sp³-hybridized carbons (Fsp3) is 0.400. The molecule has 0 unspecified atom stereocenters. The Bertz CT molecular complexity index is 337. The van der Waals surface area contributed by atoms with E-state index in [0.717, 1.165) is 12.8 Å². The van der Waals surface area contributed by atoms with Gasteiger partial charge in [-0.1, -0.05) is 15.9 Å². The lowest BCUT2D eigenvalue weighted by atomic mass is 9.96. The smallest absolute Gasteiger partial charge is 0.141 e. The summed E-state index contributed by atoms with van der Waals surface area (Å²) in [5, 5.41) is 0. The Morgan fingerprint density at radius 1 is 1.36 bits per heavy atom. The lowest BCUT2D eigenvalue weighted by molar-refractivity contribution is 0.127. The maximum absolute atomic E-state index is 13.1. The highest BCUT2D eigenvalue weighted by molar-refractivity contribution is 9.10. The van der Waals surface area contributed by atoms with Gasteiger partial charge < -0.3 is 4.74 Å².